The number of furan rings is 1. The van der Waals surface area contributed by atoms with Crippen LogP contribution in [0.4, 0.5) is 5.82 Å². The van der Waals surface area contributed by atoms with E-state index in [0.29, 0.717) is 61.1 Å². The number of hydrogen-bond donors (Lipinski definition) is 2. The van der Waals surface area contributed by atoms with E-state index >= 15 is 0 Å². The molecule has 1 amide bonds. The number of esters is 1. The molecule has 10 heteroatoms. The number of nitrogens with two attached hydrogens (primary N) is 2. The largest absolute Gasteiger partial charge is 0.493 e. The standard InChI is InChI=1S/C31H32N4O6/c1-38-27-16-23(14-24-15-26(17-32)41-30(24)27)21-4-6-22(7-5-21)31(37)35-11-13-39-25(19-35)10-12-40-29(36)9-3-20-2-8-28(33)34-18-20/h2-9,14-16,18,25H,10-13,17,19,32H2,1H3,(H2,33,34)/b9-3+. The summed E-state index contributed by atoms with van der Waals surface area (Å²) in [5.41, 5.74) is 15.2. The van der Waals surface area contributed by atoms with Gasteiger partial charge < -0.3 is 35.0 Å². The van der Waals surface area contributed by atoms with Crippen LogP contribution in [0.2, 0.25) is 0 Å². The zero-order valence-electron chi connectivity index (χ0n) is 22.7. The Morgan fingerprint density at radius 3 is 2.68 bits per heavy atom. The first-order chi connectivity index (χ1) is 19.9. The number of pyridine rings is 1. The molecule has 2 aromatic heterocycles. The number of carbonyl (C=O) groups is 2. The normalized spacial score (nSPS) is 15.4. The second-order valence-electron chi connectivity index (χ2n) is 9.64. The molecule has 1 saturated heterocycles. The molecule has 0 saturated carbocycles. The summed E-state index contributed by atoms with van der Waals surface area (Å²) in [7, 11) is 1.60. The van der Waals surface area contributed by atoms with Crippen molar-refractivity contribution < 1.29 is 28.2 Å². The molecule has 4 aromatic rings. The van der Waals surface area contributed by atoms with Crippen LogP contribution in [0.5, 0.6) is 5.75 Å². The number of hydrogen-bond acceptors (Lipinski definition) is 9. The van der Waals surface area contributed by atoms with Crippen LogP contribution >= 0.6 is 0 Å². The van der Waals surface area contributed by atoms with Crippen molar-refractivity contribution in [2.75, 3.05) is 39.1 Å². The number of rotatable bonds is 9. The smallest absolute Gasteiger partial charge is 0.330 e. The molecule has 10 nitrogen and oxygen atoms in total. The molecule has 2 aromatic carbocycles. The van der Waals surface area contributed by atoms with E-state index in [1.54, 1.807) is 36.4 Å². The predicted octanol–water partition coefficient (Wildman–Crippen LogP) is 4.03. The molecule has 1 aliphatic heterocycles. The molecule has 1 aliphatic rings. The number of nitrogens with zero attached hydrogens (tertiary/aromatic N) is 2. The molecular formula is C31H32N4O6. The highest BCUT2D eigenvalue weighted by molar-refractivity contribution is 5.95. The van der Waals surface area contributed by atoms with Gasteiger partial charge in [-0.3, -0.25) is 4.79 Å². The Hall–Kier alpha value is -4.67. The summed E-state index contributed by atoms with van der Waals surface area (Å²) in [6.45, 7) is 1.82. The third kappa shape index (κ3) is 6.74. The van der Waals surface area contributed by atoms with Gasteiger partial charge in [0.2, 0.25) is 0 Å². The Morgan fingerprint density at radius 1 is 1.12 bits per heavy atom. The summed E-state index contributed by atoms with van der Waals surface area (Å²) in [5, 5.41) is 0.903. The van der Waals surface area contributed by atoms with Gasteiger partial charge in [0, 0.05) is 42.7 Å². The number of methoxy groups -OCH3 is 1. The average molecular weight is 557 g/mol. The molecule has 0 radical (unpaired) electrons. The third-order valence-electron chi connectivity index (χ3n) is 6.85. The van der Waals surface area contributed by atoms with E-state index in [2.05, 4.69) is 4.98 Å². The van der Waals surface area contributed by atoms with Crippen molar-refractivity contribution in [1.29, 1.82) is 0 Å². The molecule has 5 rings (SSSR count). The predicted molar refractivity (Wildman–Crippen MR) is 155 cm³/mol. The summed E-state index contributed by atoms with van der Waals surface area (Å²) in [6.07, 6.45) is 4.79. The van der Waals surface area contributed by atoms with Gasteiger partial charge in [-0.15, -0.1) is 0 Å². The zero-order chi connectivity index (χ0) is 28.8. The molecule has 3 heterocycles. The summed E-state index contributed by atoms with van der Waals surface area (Å²) in [6, 6.07) is 16.7. The first-order valence-corrected chi connectivity index (χ1v) is 13.3. The van der Waals surface area contributed by atoms with Crippen molar-refractivity contribution in [3.63, 3.8) is 0 Å². The van der Waals surface area contributed by atoms with Crippen molar-refractivity contribution in [1.82, 2.24) is 9.88 Å². The van der Waals surface area contributed by atoms with E-state index in [9.17, 15) is 9.59 Å². The van der Waals surface area contributed by atoms with E-state index in [-0.39, 0.29) is 18.6 Å². The highest BCUT2D eigenvalue weighted by atomic mass is 16.5. The number of nitrogen functional groups attached to an aromatic ring is 1. The maximum absolute atomic E-state index is 13.2. The minimum absolute atomic E-state index is 0.0719. The molecule has 4 N–H and O–H groups in total. The van der Waals surface area contributed by atoms with Gasteiger partial charge in [-0.2, -0.15) is 0 Å². The third-order valence-corrected chi connectivity index (χ3v) is 6.85. The monoisotopic (exact) mass is 556 g/mol. The Bertz CT molecular complexity index is 1550. The van der Waals surface area contributed by atoms with E-state index < -0.39 is 5.97 Å². The van der Waals surface area contributed by atoms with Crippen LogP contribution in [-0.2, 0) is 20.8 Å². The lowest BCUT2D eigenvalue weighted by Crippen LogP contribution is -2.46. The minimum atomic E-state index is -0.463. The number of carbonyl (C=O) groups excluding carboxylic acids is 2. The number of ether oxygens (including phenoxy) is 3. The fourth-order valence-corrected chi connectivity index (χ4v) is 4.68. The number of morpholine rings is 1. The molecule has 1 atom stereocenters. The lowest BCUT2D eigenvalue weighted by Gasteiger charge is -2.33. The second-order valence-corrected chi connectivity index (χ2v) is 9.64. The van der Waals surface area contributed by atoms with Crippen molar-refractivity contribution in [3.8, 4) is 16.9 Å². The fraction of sp³-hybridized carbons (Fsp3) is 0.258. The summed E-state index contributed by atoms with van der Waals surface area (Å²) < 4.78 is 22.4. The Morgan fingerprint density at radius 2 is 1.95 bits per heavy atom. The second kappa shape index (κ2) is 12.7. The van der Waals surface area contributed by atoms with Crippen LogP contribution in [-0.4, -0.2) is 61.3 Å². The van der Waals surface area contributed by atoms with E-state index in [4.69, 9.17) is 30.1 Å². The Balaban J connectivity index is 1.16. The van der Waals surface area contributed by atoms with Crippen LogP contribution in [0, 0.1) is 0 Å². The molecule has 0 bridgehead atoms. The van der Waals surface area contributed by atoms with Gasteiger partial charge in [-0.05, 0) is 65.2 Å². The van der Waals surface area contributed by atoms with Gasteiger partial charge >= 0.3 is 5.97 Å². The van der Waals surface area contributed by atoms with E-state index in [1.165, 1.54) is 6.08 Å². The Kier molecular flexibility index (Phi) is 8.61. The summed E-state index contributed by atoms with van der Waals surface area (Å²) >= 11 is 0. The first-order valence-electron chi connectivity index (χ1n) is 13.3. The molecule has 1 fully saturated rings. The number of amides is 1. The maximum atomic E-state index is 13.2. The van der Waals surface area contributed by atoms with Crippen LogP contribution in [0.1, 0.15) is 28.1 Å². The van der Waals surface area contributed by atoms with Crippen molar-refractivity contribution in [2.45, 2.75) is 19.1 Å². The highest BCUT2D eigenvalue weighted by Crippen LogP contribution is 2.34. The number of benzene rings is 2. The van der Waals surface area contributed by atoms with Gasteiger partial charge in [0.1, 0.15) is 11.6 Å². The topological polar surface area (TPSA) is 143 Å². The average Bonchev–Trinajstić information content (AvgIpc) is 3.44. The van der Waals surface area contributed by atoms with Gasteiger partial charge in [0.05, 0.1) is 33.0 Å². The van der Waals surface area contributed by atoms with Gasteiger partial charge in [-0.25, -0.2) is 9.78 Å². The van der Waals surface area contributed by atoms with Gasteiger partial charge in [-0.1, -0.05) is 12.1 Å². The molecule has 1 unspecified atom stereocenters. The summed E-state index contributed by atoms with van der Waals surface area (Å²) in [4.78, 5) is 31.0. The first kappa shape index (κ1) is 27.9. The van der Waals surface area contributed by atoms with Gasteiger partial charge in [0.15, 0.2) is 11.3 Å². The van der Waals surface area contributed by atoms with Crippen LogP contribution in [0.3, 0.4) is 0 Å². The van der Waals surface area contributed by atoms with Crippen molar-refractivity contribution in [3.05, 3.63) is 83.8 Å². The lowest BCUT2D eigenvalue weighted by atomic mass is 10.0. The maximum Gasteiger partial charge on any atom is 0.330 e. The van der Waals surface area contributed by atoms with E-state index in [0.717, 1.165) is 22.1 Å². The van der Waals surface area contributed by atoms with Crippen LogP contribution in [0.15, 0.2) is 71.3 Å². The quantitative estimate of drug-likeness (QED) is 0.231. The highest BCUT2D eigenvalue weighted by Gasteiger charge is 2.25. The van der Waals surface area contributed by atoms with Crippen LogP contribution < -0.4 is 16.2 Å². The van der Waals surface area contributed by atoms with Crippen molar-refractivity contribution >= 4 is 34.7 Å². The van der Waals surface area contributed by atoms with Gasteiger partial charge in [0.25, 0.3) is 5.91 Å². The van der Waals surface area contributed by atoms with Crippen LogP contribution in [0.25, 0.3) is 28.2 Å². The molecule has 212 valence electrons. The summed E-state index contributed by atoms with van der Waals surface area (Å²) in [5.74, 6) is 1.18. The fourth-order valence-electron chi connectivity index (χ4n) is 4.68. The SMILES string of the molecule is COc1cc(-c2ccc(C(=O)N3CCOC(CCOC(=O)/C=C/c4ccc(N)nc4)C3)cc2)cc2cc(CN)oc12. The lowest BCUT2D eigenvalue weighted by molar-refractivity contribution is -0.139. The molecule has 0 spiro atoms. The van der Waals surface area contributed by atoms with Crippen molar-refractivity contribution in [2.24, 2.45) is 5.73 Å². The Labute approximate surface area is 237 Å². The molecule has 41 heavy (non-hydrogen) atoms. The zero-order valence-corrected chi connectivity index (χ0v) is 22.7. The van der Waals surface area contributed by atoms with E-state index in [1.807, 2.05) is 42.5 Å². The minimum Gasteiger partial charge on any atom is -0.493 e. The number of anilines is 1. The molecule has 0 aliphatic carbocycles. The number of fused-ring (bicyclic) bond motifs is 1. The molecular weight excluding hydrogens is 524 g/mol. The number of aromatic nitrogens is 1.